The van der Waals surface area contributed by atoms with Crippen molar-refractivity contribution < 1.29 is 4.79 Å². The van der Waals surface area contributed by atoms with Gasteiger partial charge in [-0.05, 0) is 69.9 Å². The van der Waals surface area contributed by atoms with E-state index in [4.69, 9.17) is 0 Å². The molecule has 2 aromatic heterocycles. The lowest BCUT2D eigenvalue weighted by Gasteiger charge is -2.11. The zero-order chi connectivity index (χ0) is 21.3. The first-order valence-electron chi connectivity index (χ1n) is 9.97. The molecule has 0 radical (unpaired) electrons. The van der Waals surface area contributed by atoms with Crippen molar-refractivity contribution in [3.8, 4) is 5.69 Å². The van der Waals surface area contributed by atoms with Crippen molar-refractivity contribution in [1.29, 1.82) is 0 Å². The number of carbonyl (C=O) groups excluding carboxylic acids is 1. The number of nitrogens with zero attached hydrogens (tertiary/aromatic N) is 5. The Morgan fingerprint density at radius 3 is 2.70 bits per heavy atom. The first-order valence-corrected chi connectivity index (χ1v) is 9.97. The standard InChI is InChI=1S/C23H26N6O/c1-16-6-5-7-20(14-16)29-17(2)22(25-26-29)23(30)24-19-8-9-21-18(15-19)10-11-28(21)13-12-27(3)4/h5-11,14-15H,12-13H2,1-4H3,(H,24,30). The van der Waals surface area contributed by atoms with Crippen molar-refractivity contribution in [1.82, 2.24) is 24.5 Å². The fraction of sp³-hybridized carbons (Fsp3) is 0.261. The lowest BCUT2D eigenvalue weighted by atomic mass is 10.2. The van der Waals surface area contributed by atoms with Gasteiger partial charge in [0.05, 0.1) is 11.4 Å². The minimum Gasteiger partial charge on any atom is -0.346 e. The van der Waals surface area contributed by atoms with Crippen LogP contribution in [0.15, 0.2) is 54.7 Å². The topological polar surface area (TPSA) is 68.0 Å². The summed E-state index contributed by atoms with van der Waals surface area (Å²) in [7, 11) is 4.13. The number of hydrogen-bond donors (Lipinski definition) is 1. The van der Waals surface area contributed by atoms with E-state index in [-0.39, 0.29) is 5.91 Å². The van der Waals surface area contributed by atoms with Crippen molar-refractivity contribution in [3.05, 3.63) is 71.7 Å². The van der Waals surface area contributed by atoms with Gasteiger partial charge in [0.1, 0.15) is 0 Å². The summed E-state index contributed by atoms with van der Waals surface area (Å²) < 4.78 is 3.91. The van der Waals surface area contributed by atoms with Gasteiger partial charge < -0.3 is 14.8 Å². The molecule has 0 saturated carbocycles. The van der Waals surface area contributed by atoms with Crippen LogP contribution in [0.5, 0.6) is 0 Å². The highest BCUT2D eigenvalue weighted by atomic mass is 16.2. The summed E-state index contributed by atoms with van der Waals surface area (Å²) in [5.74, 6) is -0.266. The van der Waals surface area contributed by atoms with E-state index in [1.165, 1.54) is 0 Å². The van der Waals surface area contributed by atoms with Crippen LogP contribution < -0.4 is 5.32 Å². The molecule has 0 bridgehead atoms. The maximum Gasteiger partial charge on any atom is 0.278 e. The lowest BCUT2D eigenvalue weighted by Crippen LogP contribution is -2.17. The molecule has 2 aromatic carbocycles. The van der Waals surface area contributed by atoms with E-state index in [0.29, 0.717) is 11.4 Å². The smallest absolute Gasteiger partial charge is 0.278 e. The SMILES string of the molecule is Cc1cccc(-n2nnc(C(=O)Nc3ccc4c(ccn4CCN(C)C)c3)c2C)c1. The monoisotopic (exact) mass is 402 g/mol. The largest absolute Gasteiger partial charge is 0.346 e. The molecule has 0 atom stereocenters. The summed E-state index contributed by atoms with van der Waals surface area (Å²) in [6.07, 6.45) is 2.08. The third-order valence-corrected chi connectivity index (χ3v) is 5.17. The molecular formula is C23H26N6O. The second kappa shape index (κ2) is 8.12. The molecule has 7 nitrogen and oxygen atoms in total. The summed E-state index contributed by atoms with van der Waals surface area (Å²) in [5, 5.41) is 12.3. The molecule has 1 N–H and O–H groups in total. The fourth-order valence-corrected chi connectivity index (χ4v) is 3.51. The van der Waals surface area contributed by atoms with Crippen molar-refractivity contribution >= 4 is 22.5 Å². The molecule has 0 saturated heterocycles. The van der Waals surface area contributed by atoms with Gasteiger partial charge in [-0.15, -0.1) is 5.10 Å². The number of nitrogens with one attached hydrogen (secondary N) is 1. The number of rotatable bonds is 6. The van der Waals surface area contributed by atoms with Crippen molar-refractivity contribution in [2.24, 2.45) is 0 Å². The molecule has 4 aromatic rings. The summed E-state index contributed by atoms with van der Waals surface area (Å²) in [5.41, 5.74) is 4.92. The number of fused-ring (bicyclic) bond motifs is 1. The molecule has 1 amide bonds. The Labute approximate surface area is 175 Å². The highest BCUT2D eigenvalue weighted by Crippen LogP contribution is 2.22. The van der Waals surface area contributed by atoms with Crippen LogP contribution in [-0.4, -0.2) is 51.0 Å². The fourth-order valence-electron chi connectivity index (χ4n) is 3.51. The van der Waals surface area contributed by atoms with E-state index in [9.17, 15) is 4.79 Å². The molecular weight excluding hydrogens is 376 g/mol. The Morgan fingerprint density at radius 2 is 1.93 bits per heavy atom. The Kier molecular flexibility index (Phi) is 5.37. The van der Waals surface area contributed by atoms with Gasteiger partial charge >= 0.3 is 0 Å². The molecule has 7 heteroatoms. The first-order chi connectivity index (χ1) is 14.4. The van der Waals surface area contributed by atoms with Gasteiger partial charge in [0.2, 0.25) is 0 Å². The van der Waals surface area contributed by atoms with Crippen molar-refractivity contribution in [3.63, 3.8) is 0 Å². The molecule has 4 rings (SSSR count). The van der Waals surface area contributed by atoms with Crippen molar-refractivity contribution in [2.45, 2.75) is 20.4 Å². The number of amides is 1. The Morgan fingerprint density at radius 1 is 1.10 bits per heavy atom. The minimum absolute atomic E-state index is 0.266. The predicted octanol–water partition coefficient (Wildman–Crippen LogP) is 3.65. The van der Waals surface area contributed by atoms with Gasteiger partial charge in [0.15, 0.2) is 5.69 Å². The van der Waals surface area contributed by atoms with Crippen LogP contribution in [0.3, 0.4) is 0 Å². The first kappa shape index (κ1) is 19.8. The Bertz CT molecular complexity index is 1200. The predicted molar refractivity (Wildman–Crippen MR) is 119 cm³/mol. The maximum atomic E-state index is 12.8. The molecule has 30 heavy (non-hydrogen) atoms. The number of benzene rings is 2. The van der Waals surface area contributed by atoms with E-state index in [1.54, 1.807) is 4.68 Å². The van der Waals surface area contributed by atoms with E-state index in [0.717, 1.165) is 40.9 Å². The van der Waals surface area contributed by atoms with E-state index >= 15 is 0 Å². The molecule has 0 spiro atoms. The molecule has 154 valence electrons. The Hall–Kier alpha value is -3.45. The zero-order valence-electron chi connectivity index (χ0n) is 17.8. The number of anilines is 1. The Balaban J connectivity index is 1.53. The van der Waals surface area contributed by atoms with E-state index in [1.807, 2.05) is 56.3 Å². The molecule has 0 aliphatic rings. The number of likely N-dealkylation sites (N-methyl/N-ethyl adjacent to an activating group) is 1. The van der Waals surface area contributed by atoms with Gasteiger partial charge in [0, 0.05) is 35.9 Å². The van der Waals surface area contributed by atoms with Crippen LogP contribution in [0.2, 0.25) is 0 Å². The third-order valence-electron chi connectivity index (χ3n) is 5.17. The number of carbonyl (C=O) groups is 1. The number of hydrogen-bond acceptors (Lipinski definition) is 4. The average Bonchev–Trinajstić information content (AvgIpc) is 3.29. The summed E-state index contributed by atoms with van der Waals surface area (Å²) in [6.45, 7) is 5.76. The van der Waals surface area contributed by atoms with Gasteiger partial charge in [0.25, 0.3) is 5.91 Å². The van der Waals surface area contributed by atoms with Gasteiger partial charge in [-0.3, -0.25) is 4.79 Å². The minimum atomic E-state index is -0.266. The van der Waals surface area contributed by atoms with Crippen LogP contribution in [0.25, 0.3) is 16.6 Å². The number of aryl methyl sites for hydroxylation is 1. The maximum absolute atomic E-state index is 12.8. The highest BCUT2D eigenvalue weighted by Gasteiger charge is 2.18. The molecule has 0 aliphatic carbocycles. The summed E-state index contributed by atoms with van der Waals surface area (Å²) in [6, 6.07) is 16.0. The van der Waals surface area contributed by atoms with Crippen LogP contribution >= 0.6 is 0 Å². The lowest BCUT2D eigenvalue weighted by molar-refractivity contribution is 0.102. The molecule has 2 heterocycles. The van der Waals surface area contributed by atoms with E-state index < -0.39 is 0 Å². The van der Waals surface area contributed by atoms with Crippen LogP contribution in [0.1, 0.15) is 21.7 Å². The molecule has 0 fully saturated rings. The second-order valence-corrected chi connectivity index (χ2v) is 7.81. The summed E-state index contributed by atoms with van der Waals surface area (Å²) in [4.78, 5) is 15.0. The third kappa shape index (κ3) is 3.97. The quantitative estimate of drug-likeness (QED) is 0.535. The summed E-state index contributed by atoms with van der Waals surface area (Å²) >= 11 is 0. The van der Waals surface area contributed by atoms with Crippen molar-refractivity contribution in [2.75, 3.05) is 26.0 Å². The molecule has 0 aliphatic heterocycles. The highest BCUT2D eigenvalue weighted by molar-refractivity contribution is 6.04. The van der Waals surface area contributed by atoms with Gasteiger partial charge in [-0.1, -0.05) is 17.3 Å². The van der Waals surface area contributed by atoms with Crippen LogP contribution in [0.4, 0.5) is 5.69 Å². The number of aromatic nitrogens is 4. The normalized spacial score (nSPS) is 11.4. The van der Waals surface area contributed by atoms with Gasteiger partial charge in [-0.25, -0.2) is 4.68 Å². The van der Waals surface area contributed by atoms with Gasteiger partial charge in [-0.2, -0.15) is 0 Å². The van der Waals surface area contributed by atoms with Crippen LogP contribution in [-0.2, 0) is 6.54 Å². The zero-order valence-corrected chi connectivity index (χ0v) is 17.8. The van der Waals surface area contributed by atoms with Crippen LogP contribution in [0, 0.1) is 13.8 Å². The average molecular weight is 403 g/mol. The molecule has 0 unspecified atom stereocenters. The second-order valence-electron chi connectivity index (χ2n) is 7.81. The van der Waals surface area contributed by atoms with E-state index in [2.05, 4.69) is 51.5 Å².